The van der Waals surface area contributed by atoms with Crippen molar-refractivity contribution in [3.8, 4) is 5.75 Å². The van der Waals surface area contributed by atoms with E-state index in [9.17, 15) is 4.79 Å². The third kappa shape index (κ3) is 6.08. The van der Waals surface area contributed by atoms with Crippen molar-refractivity contribution in [1.82, 2.24) is 5.32 Å². The van der Waals surface area contributed by atoms with Crippen molar-refractivity contribution >= 4 is 5.91 Å². The van der Waals surface area contributed by atoms with Gasteiger partial charge in [0.2, 0.25) is 0 Å². The number of carbonyl (C=O) groups is 1. The van der Waals surface area contributed by atoms with E-state index >= 15 is 0 Å². The molecule has 1 aliphatic rings. The zero-order valence-electron chi connectivity index (χ0n) is 17.1. The van der Waals surface area contributed by atoms with Crippen LogP contribution in [0.4, 0.5) is 0 Å². The first-order chi connectivity index (χ1) is 13.6. The first kappa shape index (κ1) is 20.4. The minimum Gasteiger partial charge on any atom is -0.496 e. The third-order valence-electron chi connectivity index (χ3n) is 5.53. The van der Waals surface area contributed by atoms with Crippen LogP contribution in [-0.2, 0) is 17.8 Å². The van der Waals surface area contributed by atoms with Crippen molar-refractivity contribution in [2.75, 3.05) is 46.4 Å². The highest BCUT2D eigenvalue weighted by atomic mass is 16.5. The zero-order valence-corrected chi connectivity index (χ0v) is 17.1. The topological polar surface area (TPSA) is 47.2 Å². The van der Waals surface area contributed by atoms with Crippen molar-refractivity contribution < 1.29 is 19.3 Å². The molecule has 0 bridgehead atoms. The van der Waals surface area contributed by atoms with E-state index in [0.717, 1.165) is 44.9 Å². The largest absolute Gasteiger partial charge is 0.496 e. The van der Waals surface area contributed by atoms with Gasteiger partial charge in [0.15, 0.2) is 6.54 Å². The summed E-state index contributed by atoms with van der Waals surface area (Å²) in [5.41, 5.74) is 3.81. The van der Waals surface area contributed by atoms with E-state index in [2.05, 4.69) is 42.6 Å². The Morgan fingerprint density at radius 3 is 2.46 bits per heavy atom. The van der Waals surface area contributed by atoms with Gasteiger partial charge in [-0.2, -0.15) is 0 Å². The molecule has 150 valence electrons. The number of benzene rings is 2. The summed E-state index contributed by atoms with van der Waals surface area (Å²) in [5.74, 6) is 1.14. The summed E-state index contributed by atoms with van der Waals surface area (Å²) >= 11 is 0. The van der Waals surface area contributed by atoms with Gasteiger partial charge in [0, 0.05) is 12.1 Å². The number of amides is 1. The lowest BCUT2D eigenvalue weighted by Gasteiger charge is -2.29. The molecular weight excluding hydrogens is 350 g/mol. The van der Waals surface area contributed by atoms with Crippen LogP contribution in [0.1, 0.15) is 16.7 Å². The van der Waals surface area contributed by atoms with Gasteiger partial charge in [0.25, 0.3) is 5.91 Å². The molecule has 1 fully saturated rings. The molecule has 0 unspecified atom stereocenters. The van der Waals surface area contributed by atoms with Gasteiger partial charge >= 0.3 is 0 Å². The molecule has 28 heavy (non-hydrogen) atoms. The number of aryl methyl sites for hydroxylation is 1. The van der Waals surface area contributed by atoms with Gasteiger partial charge < -0.3 is 19.9 Å². The van der Waals surface area contributed by atoms with Gasteiger partial charge in [-0.25, -0.2) is 0 Å². The number of piperazine rings is 1. The van der Waals surface area contributed by atoms with Crippen molar-refractivity contribution in [2.24, 2.45) is 0 Å². The molecule has 5 nitrogen and oxygen atoms in total. The normalized spacial score (nSPS) is 19.2. The molecule has 3 N–H and O–H groups in total. The van der Waals surface area contributed by atoms with Crippen molar-refractivity contribution in [1.29, 1.82) is 0 Å². The Morgan fingerprint density at radius 2 is 1.75 bits per heavy atom. The van der Waals surface area contributed by atoms with Gasteiger partial charge in [-0.15, -0.1) is 0 Å². The van der Waals surface area contributed by atoms with Gasteiger partial charge in [0.1, 0.15) is 38.5 Å². The van der Waals surface area contributed by atoms with Crippen molar-refractivity contribution in [3.63, 3.8) is 0 Å². The Hall–Kier alpha value is -2.37. The molecule has 1 amide bonds. The van der Waals surface area contributed by atoms with Crippen LogP contribution in [0.25, 0.3) is 0 Å². The van der Waals surface area contributed by atoms with E-state index in [4.69, 9.17) is 4.74 Å². The second-order valence-electron chi connectivity index (χ2n) is 7.75. The highest BCUT2D eigenvalue weighted by molar-refractivity contribution is 5.76. The van der Waals surface area contributed by atoms with E-state index < -0.39 is 0 Å². The van der Waals surface area contributed by atoms with E-state index in [0.29, 0.717) is 13.1 Å². The van der Waals surface area contributed by atoms with E-state index in [1.165, 1.54) is 21.6 Å². The summed E-state index contributed by atoms with van der Waals surface area (Å²) in [4.78, 5) is 15.2. The Kier molecular flexibility index (Phi) is 7.46. The molecule has 0 radical (unpaired) electrons. The average Bonchev–Trinajstić information content (AvgIpc) is 2.70. The van der Waals surface area contributed by atoms with Crippen LogP contribution < -0.4 is 19.9 Å². The van der Waals surface area contributed by atoms with Crippen LogP contribution in [0.15, 0.2) is 48.5 Å². The number of methoxy groups -OCH3 is 1. The summed E-state index contributed by atoms with van der Waals surface area (Å²) in [5, 5.41) is 3.07. The first-order valence-electron chi connectivity index (χ1n) is 10.3. The number of hydrogen-bond donors (Lipinski definition) is 3. The Balaban J connectivity index is 1.38. The summed E-state index contributed by atoms with van der Waals surface area (Å²) in [7, 11) is 1.74. The second-order valence-corrected chi connectivity index (χ2v) is 7.75. The molecule has 3 rings (SSSR count). The number of carbonyl (C=O) groups excluding carboxylic acids is 1. The zero-order chi connectivity index (χ0) is 19.8. The number of hydrogen-bond acceptors (Lipinski definition) is 2. The number of rotatable bonds is 8. The fourth-order valence-electron chi connectivity index (χ4n) is 3.91. The standard InChI is InChI=1S/C23H31N3O2/c1-19-8-9-22(28-2)21(16-19)17-25-12-14-26(15-13-25)18-23(27)24-11-10-20-6-4-3-5-7-20/h3-9,16H,10-15,17-18H2,1-2H3,(H,24,27)/p+2. The average molecular weight is 384 g/mol. The highest BCUT2D eigenvalue weighted by Crippen LogP contribution is 2.18. The molecule has 0 spiro atoms. The van der Waals surface area contributed by atoms with Crippen LogP contribution in [0.2, 0.25) is 0 Å². The Bertz CT molecular complexity index is 756. The second kappa shape index (κ2) is 10.2. The first-order valence-corrected chi connectivity index (χ1v) is 10.3. The van der Waals surface area contributed by atoms with Crippen LogP contribution >= 0.6 is 0 Å². The molecule has 1 saturated heterocycles. The van der Waals surface area contributed by atoms with Gasteiger partial charge in [-0.05, 0) is 31.0 Å². The minimum absolute atomic E-state index is 0.162. The Labute approximate surface area is 168 Å². The van der Waals surface area contributed by atoms with E-state index in [1.54, 1.807) is 12.0 Å². The molecule has 0 saturated carbocycles. The SMILES string of the molecule is COc1ccc(C)cc1C[NH+]1CC[NH+](CC(=O)NCCc2ccccc2)CC1. The van der Waals surface area contributed by atoms with Gasteiger partial charge in [0.05, 0.1) is 7.11 Å². The summed E-state index contributed by atoms with van der Waals surface area (Å²) in [6.07, 6.45) is 0.887. The lowest BCUT2D eigenvalue weighted by molar-refractivity contribution is -1.02. The van der Waals surface area contributed by atoms with E-state index in [-0.39, 0.29) is 5.91 Å². The molecule has 0 aliphatic carbocycles. The van der Waals surface area contributed by atoms with Crippen LogP contribution in [0.3, 0.4) is 0 Å². The fraction of sp³-hybridized carbons (Fsp3) is 0.435. The minimum atomic E-state index is 0.162. The Morgan fingerprint density at radius 1 is 1.04 bits per heavy atom. The monoisotopic (exact) mass is 383 g/mol. The highest BCUT2D eigenvalue weighted by Gasteiger charge is 2.25. The maximum atomic E-state index is 12.2. The third-order valence-corrected chi connectivity index (χ3v) is 5.53. The lowest BCUT2D eigenvalue weighted by Crippen LogP contribution is -3.28. The molecule has 2 aromatic rings. The van der Waals surface area contributed by atoms with Crippen molar-refractivity contribution in [2.45, 2.75) is 19.9 Å². The number of quaternary nitrogens is 2. The van der Waals surface area contributed by atoms with Crippen LogP contribution in [-0.4, -0.2) is 52.3 Å². The number of ether oxygens (including phenoxy) is 1. The molecule has 0 atom stereocenters. The van der Waals surface area contributed by atoms with Gasteiger partial charge in [-0.1, -0.05) is 42.0 Å². The van der Waals surface area contributed by atoms with Crippen LogP contribution in [0.5, 0.6) is 5.75 Å². The maximum Gasteiger partial charge on any atom is 0.275 e. The molecular formula is C23H33N3O2+2. The number of nitrogens with one attached hydrogen (secondary N) is 3. The van der Waals surface area contributed by atoms with Crippen LogP contribution in [0, 0.1) is 6.92 Å². The quantitative estimate of drug-likeness (QED) is 0.583. The lowest BCUT2D eigenvalue weighted by atomic mass is 10.1. The molecule has 2 aromatic carbocycles. The molecule has 0 aromatic heterocycles. The van der Waals surface area contributed by atoms with E-state index in [1.807, 2.05) is 18.2 Å². The maximum absolute atomic E-state index is 12.2. The predicted octanol–water partition coefficient (Wildman–Crippen LogP) is -0.354. The summed E-state index contributed by atoms with van der Waals surface area (Å²) < 4.78 is 5.51. The summed E-state index contributed by atoms with van der Waals surface area (Å²) in [6, 6.07) is 16.7. The summed E-state index contributed by atoms with van der Waals surface area (Å²) in [6.45, 7) is 8.65. The molecule has 5 heteroatoms. The molecule has 1 aliphatic heterocycles. The fourth-order valence-corrected chi connectivity index (χ4v) is 3.91. The van der Waals surface area contributed by atoms with Gasteiger partial charge in [-0.3, -0.25) is 4.79 Å². The predicted molar refractivity (Wildman–Crippen MR) is 111 cm³/mol. The molecule has 1 heterocycles. The smallest absolute Gasteiger partial charge is 0.275 e. The van der Waals surface area contributed by atoms with Crippen molar-refractivity contribution in [3.05, 3.63) is 65.2 Å².